The summed E-state index contributed by atoms with van der Waals surface area (Å²) in [6, 6.07) is 8.43. The molecule has 172 valence electrons. The molecule has 0 atom stereocenters. The van der Waals surface area contributed by atoms with Crippen molar-refractivity contribution in [2.24, 2.45) is 0 Å². The zero-order valence-corrected chi connectivity index (χ0v) is 18.4. The van der Waals surface area contributed by atoms with Crippen LogP contribution in [0.5, 0.6) is 11.5 Å². The van der Waals surface area contributed by atoms with E-state index in [0.29, 0.717) is 22.9 Å². The summed E-state index contributed by atoms with van der Waals surface area (Å²) in [7, 11) is -0.980. The van der Waals surface area contributed by atoms with Crippen molar-refractivity contribution in [3.8, 4) is 28.8 Å². The first-order valence-electron chi connectivity index (χ1n) is 9.59. The van der Waals surface area contributed by atoms with Crippen LogP contribution in [0.4, 0.5) is 10.3 Å². The number of nitrogens with zero attached hydrogens (tertiary/aromatic N) is 5. The molecule has 4 aromatic rings. The second-order valence-electron chi connectivity index (χ2n) is 6.66. The van der Waals surface area contributed by atoms with Crippen LogP contribution in [0.2, 0.25) is 0 Å². The largest absolute Gasteiger partial charge is 0.494 e. The summed E-state index contributed by atoms with van der Waals surface area (Å²) in [5.74, 6) is 0.455. The first-order valence-corrected chi connectivity index (χ1v) is 11.2. The van der Waals surface area contributed by atoms with Crippen molar-refractivity contribution in [2.45, 2.75) is 6.42 Å². The van der Waals surface area contributed by atoms with Gasteiger partial charge < -0.3 is 13.9 Å². The minimum Gasteiger partial charge on any atom is -0.494 e. The zero-order valence-electron chi connectivity index (χ0n) is 17.6. The fourth-order valence-electron chi connectivity index (χ4n) is 3.06. The van der Waals surface area contributed by atoms with E-state index in [-0.39, 0.29) is 29.8 Å². The molecule has 0 aliphatic rings. The summed E-state index contributed by atoms with van der Waals surface area (Å²) in [6.45, 7) is 0. The lowest BCUT2D eigenvalue weighted by Gasteiger charge is -2.17. The molecule has 1 N–H and O–H groups in total. The standard InChI is InChI=1S/C20H19FN6O5S/c1-30-14-5-3-6-15(31-2)18(14)27-19(16-7-4-9-32-16)24-25-20(27)26-33(28,29)10-8-17-22-11-13(21)12-23-17/h3-7,9,11-12H,8,10H2,1-2H3,(H,25,26). The van der Waals surface area contributed by atoms with Crippen LogP contribution in [0.3, 0.4) is 0 Å². The molecule has 0 bridgehead atoms. The first-order chi connectivity index (χ1) is 15.9. The van der Waals surface area contributed by atoms with Crippen molar-refractivity contribution < 1.29 is 26.7 Å². The number of aromatic nitrogens is 5. The molecule has 0 spiro atoms. The third-order valence-corrected chi connectivity index (χ3v) is 5.78. The number of para-hydroxylation sites is 1. The summed E-state index contributed by atoms with van der Waals surface area (Å²) >= 11 is 0. The van der Waals surface area contributed by atoms with Gasteiger partial charge in [-0.05, 0) is 24.3 Å². The van der Waals surface area contributed by atoms with Gasteiger partial charge in [-0.3, -0.25) is 9.29 Å². The SMILES string of the molecule is COc1cccc(OC)c1-n1c(NS(=O)(=O)CCc2ncc(F)cn2)nnc1-c1ccco1. The fraction of sp³-hybridized carbons (Fsp3) is 0.200. The molecule has 0 saturated heterocycles. The van der Waals surface area contributed by atoms with Gasteiger partial charge in [0.25, 0.3) is 0 Å². The molecular weight excluding hydrogens is 455 g/mol. The number of rotatable bonds is 9. The van der Waals surface area contributed by atoms with Gasteiger partial charge in [-0.1, -0.05) is 6.07 Å². The Hall–Kier alpha value is -4.00. The van der Waals surface area contributed by atoms with E-state index in [0.717, 1.165) is 12.4 Å². The number of nitrogens with one attached hydrogen (secondary N) is 1. The van der Waals surface area contributed by atoms with Gasteiger partial charge in [0.15, 0.2) is 11.6 Å². The van der Waals surface area contributed by atoms with Crippen LogP contribution in [-0.4, -0.2) is 53.1 Å². The van der Waals surface area contributed by atoms with Crippen LogP contribution >= 0.6 is 0 Å². The van der Waals surface area contributed by atoms with Crippen LogP contribution in [0, 0.1) is 5.82 Å². The summed E-state index contributed by atoms with van der Waals surface area (Å²) in [5, 5.41) is 8.13. The first kappa shape index (κ1) is 22.2. The Bertz CT molecular complexity index is 1320. The van der Waals surface area contributed by atoms with Crippen molar-refractivity contribution in [2.75, 3.05) is 24.7 Å². The van der Waals surface area contributed by atoms with Gasteiger partial charge >= 0.3 is 0 Å². The number of aryl methyl sites for hydroxylation is 1. The smallest absolute Gasteiger partial charge is 0.243 e. The molecule has 3 aromatic heterocycles. The lowest BCUT2D eigenvalue weighted by molar-refractivity contribution is 0.391. The van der Waals surface area contributed by atoms with Crippen molar-refractivity contribution in [3.63, 3.8) is 0 Å². The van der Waals surface area contributed by atoms with Crippen LogP contribution in [-0.2, 0) is 16.4 Å². The molecule has 0 fully saturated rings. The highest BCUT2D eigenvalue weighted by Gasteiger charge is 2.26. The summed E-state index contributed by atoms with van der Waals surface area (Å²) in [5.41, 5.74) is 0.374. The second-order valence-corrected chi connectivity index (χ2v) is 8.50. The normalized spacial score (nSPS) is 11.4. The number of benzene rings is 1. The Morgan fingerprint density at radius 1 is 1.06 bits per heavy atom. The summed E-state index contributed by atoms with van der Waals surface area (Å²) in [6.07, 6.45) is 3.37. The molecule has 11 nitrogen and oxygen atoms in total. The predicted molar refractivity (Wildman–Crippen MR) is 115 cm³/mol. The molecule has 0 aliphatic carbocycles. The summed E-state index contributed by atoms with van der Waals surface area (Å²) < 4.78 is 58.9. The van der Waals surface area contributed by atoms with Gasteiger partial charge in [-0.15, -0.1) is 10.2 Å². The van der Waals surface area contributed by atoms with E-state index in [4.69, 9.17) is 13.9 Å². The quantitative estimate of drug-likeness (QED) is 0.388. The highest BCUT2D eigenvalue weighted by molar-refractivity contribution is 7.92. The van der Waals surface area contributed by atoms with E-state index in [2.05, 4.69) is 24.9 Å². The summed E-state index contributed by atoms with van der Waals surface area (Å²) in [4.78, 5) is 7.56. The molecule has 0 aliphatic heterocycles. The number of hydrogen-bond donors (Lipinski definition) is 1. The van der Waals surface area contributed by atoms with Crippen molar-refractivity contribution in [3.05, 3.63) is 60.6 Å². The van der Waals surface area contributed by atoms with E-state index in [1.807, 2.05) is 0 Å². The number of ether oxygens (including phenoxy) is 2. The van der Waals surface area contributed by atoms with Gasteiger partial charge in [-0.2, -0.15) is 0 Å². The van der Waals surface area contributed by atoms with Crippen molar-refractivity contribution in [1.29, 1.82) is 0 Å². The number of halogens is 1. The Balaban J connectivity index is 1.73. The molecule has 13 heteroatoms. The molecule has 33 heavy (non-hydrogen) atoms. The highest BCUT2D eigenvalue weighted by Crippen LogP contribution is 2.37. The Labute approximate surface area is 188 Å². The lowest BCUT2D eigenvalue weighted by atomic mass is 10.2. The molecule has 0 amide bonds. The third kappa shape index (κ3) is 4.77. The lowest BCUT2D eigenvalue weighted by Crippen LogP contribution is -2.21. The van der Waals surface area contributed by atoms with Crippen LogP contribution in [0.25, 0.3) is 17.3 Å². The van der Waals surface area contributed by atoms with Crippen LogP contribution in [0.15, 0.2) is 53.4 Å². The number of anilines is 1. The third-order valence-electron chi connectivity index (χ3n) is 4.55. The van der Waals surface area contributed by atoms with Gasteiger partial charge in [0.1, 0.15) is 23.0 Å². The van der Waals surface area contributed by atoms with Gasteiger partial charge in [0.05, 0.1) is 38.6 Å². The number of furan rings is 1. The Kier molecular flexibility index (Phi) is 6.22. The van der Waals surface area contributed by atoms with E-state index in [9.17, 15) is 12.8 Å². The van der Waals surface area contributed by atoms with Crippen LogP contribution in [0.1, 0.15) is 5.82 Å². The Morgan fingerprint density at radius 3 is 2.36 bits per heavy atom. The molecular formula is C20H19FN6O5S. The average Bonchev–Trinajstić information content (AvgIpc) is 3.48. The molecule has 0 radical (unpaired) electrons. The molecule has 3 heterocycles. The minimum atomic E-state index is -3.93. The van der Waals surface area contributed by atoms with Gasteiger partial charge in [-0.25, -0.2) is 22.8 Å². The predicted octanol–water partition coefficient (Wildman–Crippen LogP) is 2.46. The molecule has 4 rings (SSSR count). The van der Waals surface area contributed by atoms with Crippen molar-refractivity contribution >= 4 is 16.0 Å². The topological polar surface area (TPSA) is 134 Å². The fourth-order valence-corrected chi connectivity index (χ4v) is 4.03. The van der Waals surface area contributed by atoms with E-state index < -0.39 is 15.8 Å². The monoisotopic (exact) mass is 474 g/mol. The second kappa shape index (κ2) is 9.24. The van der Waals surface area contributed by atoms with Gasteiger partial charge in [0, 0.05) is 6.42 Å². The Morgan fingerprint density at radius 2 is 1.76 bits per heavy atom. The zero-order chi connectivity index (χ0) is 23.4. The molecule has 1 aromatic carbocycles. The molecule has 0 saturated carbocycles. The maximum atomic E-state index is 13.0. The average molecular weight is 474 g/mol. The van der Waals surface area contributed by atoms with Crippen molar-refractivity contribution in [1.82, 2.24) is 24.7 Å². The minimum absolute atomic E-state index is 0.0349. The van der Waals surface area contributed by atoms with E-state index in [1.54, 1.807) is 30.3 Å². The maximum absolute atomic E-state index is 13.0. The van der Waals surface area contributed by atoms with Gasteiger partial charge in [0.2, 0.25) is 21.8 Å². The molecule has 0 unspecified atom stereocenters. The number of methoxy groups -OCH3 is 2. The van der Waals surface area contributed by atoms with Crippen LogP contribution < -0.4 is 14.2 Å². The number of hydrogen-bond acceptors (Lipinski definition) is 9. The maximum Gasteiger partial charge on any atom is 0.243 e. The number of sulfonamides is 1. The highest BCUT2D eigenvalue weighted by atomic mass is 32.2. The van der Waals surface area contributed by atoms with E-state index >= 15 is 0 Å². The van der Waals surface area contributed by atoms with E-state index in [1.165, 1.54) is 25.0 Å².